The zero-order chi connectivity index (χ0) is 18.9. The number of hydrogen-bond acceptors (Lipinski definition) is 6. The summed E-state index contributed by atoms with van der Waals surface area (Å²) in [6, 6.07) is 15.0. The van der Waals surface area contributed by atoms with Crippen LogP contribution in [0.1, 0.15) is 33.6 Å². The van der Waals surface area contributed by atoms with Crippen molar-refractivity contribution < 1.29 is 24.3 Å². The summed E-state index contributed by atoms with van der Waals surface area (Å²) in [5.74, 6) is -2.26. The molecule has 1 N–H and O–H groups in total. The SMILES string of the molecule is CSc1ccc(C(=O)C(CCC(=O)O)=NOC(=O)c2ccccc2)cc1. The fraction of sp³-hybridized carbons (Fsp3) is 0.158. The number of carbonyl (C=O) groups excluding carboxylic acids is 2. The van der Waals surface area contributed by atoms with Crippen molar-refractivity contribution in [3.63, 3.8) is 0 Å². The lowest BCUT2D eigenvalue weighted by molar-refractivity contribution is -0.136. The zero-order valence-electron chi connectivity index (χ0n) is 14.0. The van der Waals surface area contributed by atoms with Gasteiger partial charge in [-0.25, -0.2) is 4.79 Å². The number of benzene rings is 2. The molecule has 0 atom stereocenters. The molecule has 0 unspecified atom stereocenters. The fourth-order valence-electron chi connectivity index (χ4n) is 2.06. The second kappa shape index (κ2) is 9.53. The Labute approximate surface area is 154 Å². The molecule has 2 aromatic rings. The lowest BCUT2D eigenvalue weighted by Gasteiger charge is -2.05. The lowest BCUT2D eigenvalue weighted by atomic mass is 10.0. The van der Waals surface area contributed by atoms with Gasteiger partial charge in [0.25, 0.3) is 0 Å². The van der Waals surface area contributed by atoms with Crippen LogP contribution in [-0.4, -0.2) is 34.8 Å². The lowest BCUT2D eigenvalue weighted by Crippen LogP contribution is -2.17. The van der Waals surface area contributed by atoms with Gasteiger partial charge in [0.1, 0.15) is 5.71 Å². The van der Waals surface area contributed by atoms with Gasteiger partial charge in [-0.2, -0.15) is 0 Å². The number of thioether (sulfide) groups is 1. The van der Waals surface area contributed by atoms with Crippen LogP contribution in [0.3, 0.4) is 0 Å². The van der Waals surface area contributed by atoms with Gasteiger partial charge in [-0.1, -0.05) is 23.4 Å². The number of carbonyl (C=O) groups is 3. The smallest absolute Gasteiger partial charge is 0.365 e. The molecular weight excluding hydrogens is 354 g/mol. The maximum absolute atomic E-state index is 12.6. The highest BCUT2D eigenvalue weighted by atomic mass is 32.2. The van der Waals surface area contributed by atoms with E-state index in [1.165, 1.54) is 11.8 Å². The largest absolute Gasteiger partial charge is 0.481 e. The first-order chi connectivity index (χ1) is 12.5. The Kier molecular flexibility index (Phi) is 7.11. The fourth-order valence-corrected chi connectivity index (χ4v) is 2.47. The summed E-state index contributed by atoms with van der Waals surface area (Å²) in [4.78, 5) is 41.2. The minimum atomic E-state index is -1.07. The molecule has 7 heteroatoms. The van der Waals surface area contributed by atoms with Crippen LogP contribution in [0.5, 0.6) is 0 Å². The topological polar surface area (TPSA) is 93.0 Å². The predicted octanol–water partition coefficient (Wildman–Crippen LogP) is 3.67. The molecule has 0 saturated heterocycles. The average molecular weight is 371 g/mol. The highest BCUT2D eigenvalue weighted by Crippen LogP contribution is 2.16. The Morgan fingerprint density at radius 3 is 2.19 bits per heavy atom. The molecule has 0 heterocycles. The third-order valence-corrected chi connectivity index (χ3v) is 4.18. The predicted molar refractivity (Wildman–Crippen MR) is 98.7 cm³/mol. The summed E-state index contributed by atoms with van der Waals surface area (Å²) in [5, 5.41) is 12.5. The van der Waals surface area contributed by atoms with E-state index in [-0.39, 0.29) is 24.1 Å². The molecule has 134 valence electrons. The van der Waals surface area contributed by atoms with Crippen molar-refractivity contribution in [1.29, 1.82) is 0 Å². The second-order valence-electron chi connectivity index (χ2n) is 5.23. The maximum Gasteiger partial charge on any atom is 0.365 e. The van der Waals surface area contributed by atoms with Crippen LogP contribution in [0.25, 0.3) is 0 Å². The number of oxime groups is 1. The van der Waals surface area contributed by atoms with Crippen LogP contribution >= 0.6 is 11.8 Å². The van der Waals surface area contributed by atoms with E-state index < -0.39 is 17.7 Å². The molecule has 0 aliphatic carbocycles. The second-order valence-corrected chi connectivity index (χ2v) is 6.11. The van der Waals surface area contributed by atoms with E-state index in [1.807, 2.05) is 6.26 Å². The third kappa shape index (κ3) is 5.56. The van der Waals surface area contributed by atoms with Gasteiger partial charge in [0.05, 0.1) is 12.0 Å². The minimum absolute atomic E-state index is 0.117. The molecule has 0 radical (unpaired) electrons. The first-order valence-electron chi connectivity index (χ1n) is 7.75. The number of aliphatic carboxylic acids is 1. The van der Waals surface area contributed by atoms with E-state index >= 15 is 0 Å². The Hall–Kier alpha value is -2.93. The molecule has 6 nitrogen and oxygen atoms in total. The molecule has 0 aromatic heterocycles. The van der Waals surface area contributed by atoms with E-state index in [4.69, 9.17) is 9.94 Å². The average Bonchev–Trinajstić information content (AvgIpc) is 2.68. The Bertz CT molecular complexity index is 816. The zero-order valence-corrected chi connectivity index (χ0v) is 14.9. The van der Waals surface area contributed by atoms with Crippen LogP contribution in [-0.2, 0) is 9.63 Å². The summed E-state index contributed by atoms with van der Waals surface area (Å²) in [5.41, 5.74) is 0.516. The Morgan fingerprint density at radius 1 is 0.962 bits per heavy atom. The van der Waals surface area contributed by atoms with Crippen LogP contribution in [0.2, 0.25) is 0 Å². The molecule has 0 spiro atoms. The number of Topliss-reactive ketones (excluding diaryl/α,β-unsaturated/α-hetero) is 1. The van der Waals surface area contributed by atoms with Crippen LogP contribution in [0, 0.1) is 0 Å². The molecule has 0 amide bonds. The van der Waals surface area contributed by atoms with Crippen molar-refractivity contribution in [2.75, 3.05) is 6.26 Å². The Balaban J connectivity index is 2.19. The molecule has 26 heavy (non-hydrogen) atoms. The van der Waals surface area contributed by atoms with E-state index in [0.717, 1.165) is 4.90 Å². The van der Waals surface area contributed by atoms with Gasteiger partial charge < -0.3 is 9.94 Å². The van der Waals surface area contributed by atoms with Crippen molar-refractivity contribution >= 4 is 35.2 Å². The van der Waals surface area contributed by atoms with E-state index in [0.29, 0.717) is 5.56 Å². The van der Waals surface area contributed by atoms with Crippen molar-refractivity contribution in [2.24, 2.45) is 5.16 Å². The van der Waals surface area contributed by atoms with Crippen LogP contribution in [0.15, 0.2) is 64.6 Å². The summed E-state index contributed by atoms with van der Waals surface area (Å²) in [6.07, 6.45) is 1.48. The molecule has 0 bridgehead atoms. The van der Waals surface area contributed by atoms with Gasteiger partial charge in [-0.05, 0) is 42.7 Å². The molecule has 0 saturated carbocycles. The van der Waals surface area contributed by atoms with Crippen molar-refractivity contribution in [3.8, 4) is 0 Å². The van der Waals surface area contributed by atoms with Gasteiger partial charge in [0.2, 0.25) is 5.78 Å². The van der Waals surface area contributed by atoms with Gasteiger partial charge in [-0.3, -0.25) is 9.59 Å². The summed E-state index contributed by atoms with van der Waals surface area (Å²) in [7, 11) is 0. The van der Waals surface area contributed by atoms with Crippen molar-refractivity contribution in [2.45, 2.75) is 17.7 Å². The number of carboxylic acids is 1. The van der Waals surface area contributed by atoms with Gasteiger partial charge in [0, 0.05) is 16.9 Å². The highest BCUT2D eigenvalue weighted by molar-refractivity contribution is 7.98. The normalized spacial score (nSPS) is 11.0. The number of rotatable bonds is 8. The van der Waals surface area contributed by atoms with Crippen LogP contribution < -0.4 is 0 Å². The van der Waals surface area contributed by atoms with Gasteiger partial charge >= 0.3 is 11.9 Å². The molecule has 0 aliphatic rings. The standard InChI is InChI=1S/C19H17NO5S/c1-26-15-9-7-13(8-10-15)18(23)16(11-12-17(21)22)20-25-19(24)14-5-3-2-4-6-14/h2-10H,11-12H2,1H3,(H,21,22). The van der Waals surface area contributed by atoms with Gasteiger partial charge in [0.15, 0.2) is 0 Å². The quantitative estimate of drug-likeness (QED) is 0.250. The number of nitrogens with zero attached hydrogens (tertiary/aromatic N) is 1. The minimum Gasteiger partial charge on any atom is -0.481 e. The van der Waals surface area contributed by atoms with E-state index in [1.54, 1.807) is 54.6 Å². The number of hydrogen-bond donors (Lipinski definition) is 1. The van der Waals surface area contributed by atoms with E-state index in [9.17, 15) is 14.4 Å². The molecule has 0 aliphatic heterocycles. The first-order valence-corrected chi connectivity index (χ1v) is 8.97. The summed E-state index contributed by atoms with van der Waals surface area (Å²) in [6.45, 7) is 0. The summed E-state index contributed by atoms with van der Waals surface area (Å²) >= 11 is 1.53. The molecular formula is C19H17NO5S. The first kappa shape index (κ1) is 19.4. The van der Waals surface area contributed by atoms with Crippen LogP contribution in [0.4, 0.5) is 0 Å². The van der Waals surface area contributed by atoms with Gasteiger partial charge in [-0.15, -0.1) is 11.8 Å². The maximum atomic E-state index is 12.6. The monoisotopic (exact) mass is 371 g/mol. The number of ketones is 1. The molecule has 0 fully saturated rings. The van der Waals surface area contributed by atoms with Crippen molar-refractivity contribution in [1.82, 2.24) is 0 Å². The summed E-state index contributed by atoms with van der Waals surface area (Å²) < 4.78 is 0. The number of carboxylic acid groups (broad SMARTS) is 1. The molecule has 2 rings (SSSR count). The highest BCUT2D eigenvalue weighted by Gasteiger charge is 2.18. The Morgan fingerprint density at radius 2 is 1.62 bits per heavy atom. The van der Waals surface area contributed by atoms with Crippen molar-refractivity contribution in [3.05, 3.63) is 65.7 Å². The third-order valence-electron chi connectivity index (χ3n) is 3.44. The van der Waals surface area contributed by atoms with E-state index in [2.05, 4.69) is 5.16 Å². The molecule has 2 aromatic carbocycles.